The van der Waals surface area contributed by atoms with Crippen LogP contribution in [0.1, 0.15) is 25.2 Å². The summed E-state index contributed by atoms with van der Waals surface area (Å²) in [6.45, 7) is 4.57. The maximum absolute atomic E-state index is 8.73. The molecule has 1 aromatic rings. The fraction of sp³-hybridized carbons (Fsp3) is 0.400. The topological polar surface area (TPSA) is 123 Å². The summed E-state index contributed by atoms with van der Waals surface area (Å²) in [5.41, 5.74) is 3.14. The predicted octanol–water partition coefficient (Wildman–Crippen LogP) is 2.00. The van der Waals surface area contributed by atoms with Gasteiger partial charge >= 0.3 is 17.1 Å². The summed E-state index contributed by atoms with van der Waals surface area (Å²) in [4.78, 5) is 12.9. The van der Waals surface area contributed by atoms with Gasteiger partial charge in [-0.25, -0.2) is 4.98 Å². The summed E-state index contributed by atoms with van der Waals surface area (Å²) in [5.74, 6) is 0. The average Bonchev–Trinajstić information content (AvgIpc) is 2.59. The Bertz CT molecular complexity index is 562. The molecule has 0 aliphatic rings. The Hall–Kier alpha value is -1.47. The molecule has 25 heavy (non-hydrogen) atoms. The Labute approximate surface area is 168 Å². The molecule has 1 heterocycles. The molecule has 0 aliphatic carbocycles. The van der Waals surface area contributed by atoms with Crippen molar-refractivity contribution in [2.24, 2.45) is 9.98 Å². The van der Waals surface area contributed by atoms with Gasteiger partial charge in [-0.05, 0) is 26.0 Å². The van der Waals surface area contributed by atoms with Crippen molar-refractivity contribution < 1.29 is 27.3 Å². The van der Waals surface area contributed by atoms with Gasteiger partial charge in [-0.3, -0.25) is 9.98 Å². The summed E-state index contributed by atoms with van der Waals surface area (Å²) < 4.78 is 0. The van der Waals surface area contributed by atoms with E-state index < -0.39 is 0 Å². The van der Waals surface area contributed by atoms with Gasteiger partial charge in [0.1, 0.15) is 0 Å². The minimum atomic E-state index is 0. The molecule has 0 saturated heterocycles. The molecule has 7 nitrogen and oxygen atoms in total. The zero-order valence-corrected chi connectivity index (χ0v) is 16.7. The Morgan fingerprint density at radius 1 is 1.00 bits per heavy atom. The molecule has 0 spiro atoms. The third-order valence-electron chi connectivity index (χ3n) is 2.39. The Morgan fingerprint density at radius 3 is 1.60 bits per heavy atom. The van der Waals surface area contributed by atoms with Crippen LogP contribution in [-0.2, 0) is 17.1 Å². The smallest absolute Gasteiger partial charge is 0.753 e. The summed E-state index contributed by atoms with van der Waals surface area (Å²) in [6.07, 6.45) is 0. The van der Waals surface area contributed by atoms with E-state index in [4.69, 9.17) is 21.0 Å². The number of aliphatic hydroxyl groups excluding tert-OH is 2. The second kappa shape index (κ2) is 20.6. The van der Waals surface area contributed by atoms with Crippen LogP contribution in [0.3, 0.4) is 0 Å². The minimum absolute atomic E-state index is 0. The fourth-order valence-electron chi connectivity index (χ4n) is 1.44. The van der Waals surface area contributed by atoms with Gasteiger partial charge in [-0.15, -0.1) is 0 Å². The van der Waals surface area contributed by atoms with Gasteiger partial charge in [0.15, 0.2) is 0 Å². The largest absolute Gasteiger partial charge is 2.00 e. The zero-order chi connectivity index (χ0) is 18.8. The van der Waals surface area contributed by atoms with Gasteiger partial charge in [0.25, 0.3) is 0 Å². The molecule has 0 amide bonds. The number of thiocarbonyl (C=S) groups is 2. The van der Waals surface area contributed by atoms with Crippen LogP contribution in [0.2, 0.25) is 0 Å². The number of nitrogens with zero attached hydrogens (tertiary/aromatic N) is 5. The Balaban J connectivity index is -0.000000606. The van der Waals surface area contributed by atoms with Gasteiger partial charge in [0, 0.05) is 0 Å². The van der Waals surface area contributed by atoms with Gasteiger partial charge < -0.3 is 21.0 Å². The normalized spacial score (nSPS) is 9.92. The minimum Gasteiger partial charge on any atom is -0.753 e. The first kappa shape index (κ1) is 28.3. The zero-order valence-electron chi connectivity index (χ0n) is 13.9. The van der Waals surface area contributed by atoms with E-state index in [2.05, 4.69) is 39.4 Å². The maximum atomic E-state index is 8.73. The van der Waals surface area contributed by atoms with Crippen molar-refractivity contribution in [3.63, 3.8) is 0 Å². The summed E-state index contributed by atoms with van der Waals surface area (Å²) >= 11 is 7.40. The van der Waals surface area contributed by atoms with Crippen LogP contribution in [0.25, 0.3) is 10.8 Å². The van der Waals surface area contributed by atoms with Crippen LogP contribution in [0.5, 0.6) is 0 Å². The third kappa shape index (κ3) is 15.8. The van der Waals surface area contributed by atoms with Gasteiger partial charge in [0.2, 0.25) is 0 Å². The van der Waals surface area contributed by atoms with Crippen molar-refractivity contribution in [1.82, 2.24) is 4.98 Å². The second-order valence-corrected chi connectivity index (χ2v) is 4.34. The van der Waals surface area contributed by atoms with E-state index in [0.29, 0.717) is 13.1 Å². The first-order valence-electron chi connectivity index (χ1n) is 6.76. The van der Waals surface area contributed by atoms with Crippen LogP contribution in [0, 0.1) is 0 Å². The van der Waals surface area contributed by atoms with E-state index in [1.165, 1.54) is 10.3 Å². The van der Waals surface area contributed by atoms with Crippen molar-refractivity contribution in [2.45, 2.75) is 13.8 Å². The van der Waals surface area contributed by atoms with Crippen LogP contribution >= 0.6 is 24.4 Å². The predicted molar refractivity (Wildman–Crippen MR) is 104 cm³/mol. The van der Waals surface area contributed by atoms with Crippen LogP contribution in [0.15, 0.2) is 28.2 Å². The molecule has 0 bridgehead atoms. The molecule has 0 unspecified atom stereocenters. The number of hydrogen-bond donors (Lipinski definition) is 2. The molecule has 0 fully saturated rings. The second-order valence-electron chi connectivity index (χ2n) is 3.97. The van der Waals surface area contributed by atoms with E-state index in [1.54, 1.807) is 0 Å². The molecular weight excluding hydrogens is 401 g/mol. The van der Waals surface area contributed by atoms with Crippen molar-refractivity contribution >= 4 is 46.2 Å². The molecule has 1 rings (SSSR count). The molecule has 10 heteroatoms. The van der Waals surface area contributed by atoms with Gasteiger partial charge in [-0.1, -0.05) is 30.5 Å². The molecule has 2 N–H and O–H groups in total. The van der Waals surface area contributed by atoms with Gasteiger partial charge in [0.05, 0.1) is 49.1 Å². The SMILES string of the molecule is CC(=NCCO)c1cccc(C(C)=NCCO)n1.[Mn+2].[N-]=C=S.[N-]=C=S. The number of hydrogen-bond acceptors (Lipinski definition) is 7. The van der Waals surface area contributed by atoms with E-state index in [-0.39, 0.29) is 30.3 Å². The molecule has 135 valence electrons. The van der Waals surface area contributed by atoms with Crippen molar-refractivity contribution in [3.05, 3.63) is 40.4 Å². The standard InChI is InChI=1S/C13H19N3O2.2CNS.Mn/c1-10(14-6-8-17)12-4-3-5-13(16-12)11(2)15-7-9-18;2*2-1-3;/h3-5,17-18H,6-9H2,1-2H3;;;/q;2*-1;+2. The van der Waals surface area contributed by atoms with E-state index in [1.807, 2.05) is 32.0 Å². The number of pyridine rings is 1. The summed E-state index contributed by atoms with van der Waals surface area (Å²) in [6, 6.07) is 5.64. The van der Waals surface area contributed by atoms with Crippen LogP contribution in [-0.4, -0.2) is 63.2 Å². The molecule has 1 aromatic heterocycles. The van der Waals surface area contributed by atoms with Crippen molar-refractivity contribution in [1.29, 1.82) is 0 Å². The molecule has 0 aliphatic heterocycles. The Morgan fingerprint density at radius 2 is 1.32 bits per heavy atom. The molecule has 0 aromatic carbocycles. The molecule has 0 saturated carbocycles. The van der Waals surface area contributed by atoms with E-state index in [0.717, 1.165) is 22.8 Å². The fourth-order valence-corrected chi connectivity index (χ4v) is 1.44. The number of isothiocyanates is 2. The number of aliphatic imine (C=N–C) groups is 2. The summed E-state index contributed by atoms with van der Waals surface area (Å²) in [5, 5.41) is 34.4. The number of rotatable bonds is 6. The number of aliphatic hydroxyl groups is 2. The van der Waals surface area contributed by atoms with Crippen LogP contribution < -0.4 is 0 Å². The molecule has 1 radical (unpaired) electrons. The van der Waals surface area contributed by atoms with E-state index >= 15 is 0 Å². The average molecular weight is 420 g/mol. The Kier molecular flexibility index (Phi) is 23.3. The maximum Gasteiger partial charge on any atom is 2.00 e. The molecular formula is C15H19MnN5O2S2. The first-order valence-corrected chi connectivity index (χ1v) is 7.58. The van der Waals surface area contributed by atoms with Crippen molar-refractivity contribution in [2.75, 3.05) is 26.3 Å². The van der Waals surface area contributed by atoms with Crippen molar-refractivity contribution in [3.8, 4) is 0 Å². The van der Waals surface area contributed by atoms with Crippen LogP contribution in [0.4, 0.5) is 0 Å². The first-order chi connectivity index (χ1) is 11.5. The van der Waals surface area contributed by atoms with Gasteiger partial charge in [-0.2, -0.15) is 10.3 Å². The third-order valence-corrected chi connectivity index (χ3v) is 2.39. The number of aromatic nitrogens is 1. The molecule has 0 atom stereocenters. The quantitative estimate of drug-likeness (QED) is 0.414. The van der Waals surface area contributed by atoms with E-state index in [9.17, 15) is 0 Å². The monoisotopic (exact) mass is 420 g/mol. The summed E-state index contributed by atoms with van der Waals surface area (Å²) in [7, 11) is 0.